The summed E-state index contributed by atoms with van der Waals surface area (Å²) in [6.45, 7) is 4.46. The first kappa shape index (κ1) is 11.1. The van der Waals surface area contributed by atoms with Gasteiger partial charge >= 0.3 is 0 Å². The Morgan fingerprint density at radius 3 is 3.07 bits per heavy atom. The van der Waals surface area contributed by atoms with Crippen molar-refractivity contribution in [3.63, 3.8) is 0 Å². The zero-order valence-electron chi connectivity index (χ0n) is 8.96. The van der Waals surface area contributed by atoms with Crippen LogP contribution in [0.25, 0.3) is 0 Å². The molecule has 1 fully saturated rings. The summed E-state index contributed by atoms with van der Waals surface area (Å²) in [5, 5.41) is 7.01. The second-order valence-corrected chi connectivity index (χ2v) is 5.05. The number of hydrogen-bond donors (Lipinski definition) is 2. The lowest BCUT2D eigenvalue weighted by Crippen LogP contribution is -2.33. The Hall–Kier alpha value is -0.380. The van der Waals surface area contributed by atoms with Crippen LogP contribution in [-0.4, -0.2) is 19.1 Å². The van der Waals surface area contributed by atoms with Crippen molar-refractivity contribution in [2.24, 2.45) is 0 Å². The van der Waals surface area contributed by atoms with Crippen LogP contribution >= 0.6 is 15.9 Å². The van der Waals surface area contributed by atoms with Gasteiger partial charge in [0.15, 0.2) is 0 Å². The van der Waals surface area contributed by atoms with Crippen molar-refractivity contribution in [1.82, 2.24) is 10.6 Å². The first-order valence-corrected chi connectivity index (χ1v) is 6.27. The maximum absolute atomic E-state index is 3.64. The monoisotopic (exact) mass is 268 g/mol. The van der Waals surface area contributed by atoms with Crippen LogP contribution in [0.2, 0.25) is 0 Å². The van der Waals surface area contributed by atoms with Crippen LogP contribution in [0.1, 0.15) is 24.9 Å². The maximum Gasteiger partial charge on any atom is 0.0295 e. The van der Waals surface area contributed by atoms with E-state index in [1.165, 1.54) is 12.0 Å². The third-order valence-electron chi connectivity index (χ3n) is 2.89. The molecule has 0 bridgehead atoms. The normalized spacial score (nSPS) is 22.9. The zero-order valence-corrected chi connectivity index (χ0v) is 10.5. The van der Waals surface area contributed by atoms with Gasteiger partial charge in [-0.2, -0.15) is 0 Å². The average molecular weight is 269 g/mol. The smallest absolute Gasteiger partial charge is 0.0295 e. The van der Waals surface area contributed by atoms with Crippen molar-refractivity contribution in [3.8, 4) is 0 Å². The highest BCUT2D eigenvalue weighted by atomic mass is 79.9. The van der Waals surface area contributed by atoms with Gasteiger partial charge in [-0.05, 0) is 37.6 Å². The van der Waals surface area contributed by atoms with E-state index in [0.717, 1.165) is 17.6 Å². The van der Waals surface area contributed by atoms with Gasteiger partial charge in [0.2, 0.25) is 0 Å². The molecule has 2 rings (SSSR count). The Morgan fingerprint density at radius 1 is 1.53 bits per heavy atom. The summed E-state index contributed by atoms with van der Waals surface area (Å²) in [6.07, 6.45) is 1.23. The molecule has 1 saturated heterocycles. The van der Waals surface area contributed by atoms with Crippen LogP contribution in [-0.2, 0) is 0 Å². The van der Waals surface area contributed by atoms with Crippen molar-refractivity contribution in [2.75, 3.05) is 13.1 Å². The quantitative estimate of drug-likeness (QED) is 0.880. The predicted octanol–water partition coefficient (Wildman–Crippen LogP) is 2.46. The first-order valence-electron chi connectivity index (χ1n) is 5.48. The van der Waals surface area contributed by atoms with E-state index < -0.39 is 0 Å². The first-order chi connectivity index (χ1) is 7.25. The molecule has 0 aromatic heterocycles. The molecule has 1 aliphatic rings. The van der Waals surface area contributed by atoms with Crippen LogP contribution in [0, 0.1) is 0 Å². The molecule has 1 aliphatic heterocycles. The second kappa shape index (κ2) is 5.10. The molecule has 1 aromatic carbocycles. The van der Waals surface area contributed by atoms with Crippen LogP contribution in [0.3, 0.4) is 0 Å². The Kier molecular flexibility index (Phi) is 3.78. The molecule has 0 radical (unpaired) electrons. The van der Waals surface area contributed by atoms with E-state index >= 15 is 0 Å². The summed E-state index contributed by atoms with van der Waals surface area (Å²) in [6, 6.07) is 9.55. The Balaban J connectivity index is 1.97. The molecule has 2 unspecified atom stereocenters. The number of halogens is 1. The minimum atomic E-state index is 0.424. The zero-order chi connectivity index (χ0) is 10.7. The van der Waals surface area contributed by atoms with E-state index in [1.54, 1.807) is 0 Å². The Labute approximate surface area is 99.6 Å². The van der Waals surface area contributed by atoms with Gasteiger partial charge in [0.25, 0.3) is 0 Å². The van der Waals surface area contributed by atoms with Crippen LogP contribution < -0.4 is 10.6 Å². The van der Waals surface area contributed by atoms with Gasteiger partial charge in [-0.1, -0.05) is 28.1 Å². The highest BCUT2D eigenvalue weighted by Gasteiger charge is 2.16. The van der Waals surface area contributed by atoms with Gasteiger partial charge in [0.1, 0.15) is 0 Å². The molecule has 82 valence electrons. The van der Waals surface area contributed by atoms with Gasteiger partial charge in [0.05, 0.1) is 0 Å². The van der Waals surface area contributed by atoms with Crippen molar-refractivity contribution in [2.45, 2.75) is 25.4 Å². The standard InChI is InChI=1S/C12H17BrN2/c1-9(15-12-5-6-14-8-12)10-3-2-4-11(13)7-10/h2-4,7,9,12,14-15H,5-6,8H2,1H3. The second-order valence-electron chi connectivity index (χ2n) is 4.13. The van der Waals surface area contributed by atoms with E-state index in [-0.39, 0.29) is 0 Å². The van der Waals surface area contributed by atoms with Crippen LogP contribution in [0.4, 0.5) is 0 Å². The molecule has 15 heavy (non-hydrogen) atoms. The predicted molar refractivity (Wildman–Crippen MR) is 67.0 cm³/mol. The number of benzene rings is 1. The molecule has 1 aromatic rings. The third-order valence-corrected chi connectivity index (χ3v) is 3.39. The van der Waals surface area contributed by atoms with Gasteiger partial charge in [0, 0.05) is 23.1 Å². The molecule has 0 aliphatic carbocycles. The highest BCUT2D eigenvalue weighted by Crippen LogP contribution is 2.18. The highest BCUT2D eigenvalue weighted by molar-refractivity contribution is 9.10. The summed E-state index contributed by atoms with van der Waals surface area (Å²) >= 11 is 3.50. The molecule has 0 spiro atoms. The summed E-state index contributed by atoms with van der Waals surface area (Å²) in [7, 11) is 0. The fourth-order valence-corrected chi connectivity index (χ4v) is 2.44. The van der Waals surface area contributed by atoms with Gasteiger partial charge in [-0.15, -0.1) is 0 Å². The average Bonchev–Trinajstić information content (AvgIpc) is 2.70. The van der Waals surface area contributed by atoms with E-state index in [4.69, 9.17) is 0 Å². The van der Waals surface area contributed by atoms with Gasteiger partial charge in [-0.3, -0.25) is 0 Å². The lowest BCUT2D eigenvalue weighted by atomic mass is 10.1. The van der Waals surface area contributed by atoms with Crippen LogP contribution in [0.15, 0.2) is 28.7 Å². The third kappa shape index (κ3) is 3.03. The molecular weight excluding hydrogens is 252 g/mol. The van der Waals surface area contributed by atoms with Gasteiger partial charge in [-0.25, -0.2) is 0 Å². The fraction of sp³-hybridized carbons (Fsp3) is 0.500. The van der Waals surface area contributed by atoms with E-state index in [9.17, 15) is 0 Å². The van der Waals surface area contributed by atoms with E-state index in [0.29, 0.717) is 12.1 Å². The Morgan fingerprint density at radius 2 is 2.40 bits per heavy atom. The number of hydrogen-bond acceptors (Lipinski definition) is 2. The maximum atomic E-state index is 3.64. The number of nitrogens with one attached hydrogen (secondary N) is 2. The summed E-state index contributed by atoms with van der Waals surface area (Å²) < 4.78 is 1.15. The topological polar surface area (TPSA) is 24.1 Å². The molecule has 0 amide bonds. The fourth-order valence-electron chi connectivity index (χ4n) is 2.02. The molecular formula is C12H17BrN2. The molecule has 0 saturated carbocycles. The largest absolute Gasteiger partial charge is 0.315 e. The van der Waals surface area contributed by atoms with E-state index in [2.05, 4.69) is 57.8 Å². The Bertz CT molecular complexity index is 321. The minimum absolute atomic E-state index is 0.424. The summed E-state index contributed by atoms with van der Waals surface area (Å²) in [4.78, 5) is 0. The molecule has 2 atom stereocenters. The van der Waals surface area contributed by atoms with E-state index in [1.807, 2.05) is 0 Å². The van der Waals surface area contributed by atoms with Crippen LogP contribution in [0.5, 0.6) is 0 Å². The molecule has 1 heterocycles. The van der Waals surface area contributed by atoms with Gasteiger partial charge < -0.3 is 10.6 Å². The molecule has 2 nitrogen and oxygen atoms in total. The SMILES string of the molecule is CC(NC1CCNC1)c1cccc(Br)c1. The summed E-state index contributed by atoms with van der Waals surface area (Å²) in [5.41, 5.74) is 1.34. The lowest BCUT2D eigenvalue weighted by molar-refractivity contribution is 0.478. The summed E-state index contributed by atoms with van der Waals surface area (Å²) in [5.74, 6) is 0. The lowest BCUT2D eigenvalue weighted by Gasteiger charge is -2.19. The minimum Gasteiger partial charge on any atom is -0.315 e. The van der Waals surface area contributed by atoms with Crippen molar-refractivity contribution < 1.29 is 0 Å². The van der Waals surface area contributed by atoms with Crippen molar-refractivity contribution in [3.05, 3.63) is 34.3 Å². The number of rotatable bonds is 3. The molecule has 3 heteroatoms. The van der Waals surface area contributed by atoms with Crippen molar-refractivity contribution >= 4 is 15.9 Å². The van der Waals surface area contributed by atoms with Crippen molar-refractivity contribution in [1.29, 1.82) is 0 Å². The molecule has 2 N–H and O–H groups in total.